The Morgan fingerprint density at radius 2 is 2.00 bits per heavy atom. The summed E-state index contributed by atoms with van der Waals surface area (Å²) in [4.78, 5) is 0. The Labute approximate surface area is 82.4 Å². The standard InChI is InChI=1S/C12H23N/c1-9(2)10(3)11-6-4-5-7-12(13)8-11/h8-11H,4-7,13H2,1-3H3/t10-,11?/m0/s1. The topological polar surface area (TPSA) is 26.0 Å². The Kier molecular flexibility index (Phi) is 3.83. The van der Waals surface area contributed by atoms with Crippen molar-refractivity contribution in [2.24, 2.45) is 23.5 Å². The maximum absolute atomic E-state index is 5.92. The minimum absolute atomic E-state index is 0.725. The SMILES string of the molecule is CC(C)[C@H](C)C1C=C(N)CCCC1. The fraction of sp³-hybridized carbons (Fsp3) is 0.833. The molecule has 0 radical (unpaired) electrons. The molecule has 0 aliphatic heterocycles. The predicted octanol–water partition coefficient (Wildman–Crippen LogP) is 3.31. The molecule has 0 aromatic rings. The van der Waals surface area contributed by atoms with Gasteiger partial charge in [-0.3, -0.25) is 0 Å². The van der Waals surface area contributed by atoms with Crippen molar-refractivity contribution in [1.82, 2.24) is 0 Å². The van der Waals surface area contributed by atoms with Gasteiger partial charge in [0.25, 0.3) is 0 Å². The molecule has 0 amide bonds. The third-order valence-corrected chi connectivity index (χ3v) is 3.41. The zero-order valence-corrected chi connectivity index (χ0v) is 9.22. The monoisotopic (exact) mass is 181 g/mol. The summed E-state index contributed by atoms with van der Waals surface area (Å²) in [6.07, 6.45) is 7.39. The fourth-order valence-corrected chi connectivity index (χ4v) is 2.06. The van der Waals surface area contributed by atoms with Gasteiger partial charge in [0.15, 0.2) is 0 Å². The molecule has 2 atom stereocenters. The third-order valence-electron chi connectivity index (χ3n) is 3.41. The number of allylic oxidation sites excluding steroid dienone is 2. The number of hydrogen-bond donors (Lipinski definition) is 1. The van der Waals surface area contributed by atoms with E-state index in [-0.39, 0.29) is 0 Å². The van der Waals surface area contributed by atoms with Crippen LogP contribution in [0.2, 0.25) is 0 Å². The minimum Gasteiger partial charge on any atom is -0.402 e. The molecule has 1 aliphatic rings. The van der Waals surface area contributed by atoms with Crippen LogP contribution in [-0.4, -0.2) is 0 Å². The summed E-state index contributed by atoms with van der Waals surface area (Å²) in [6.45, 7) is 6.96. The summed E-state index contributed by atoms with van der Waals surface area (Å²) in [6, 6.07) is 0. The van der Waals surface area contributed by atoms with Crippen molar-refractivity contribution in [2.75, 3.05) is 0 Å². The van der Waals surface area contributed by atoms with E-state index in [0.717, 1.165) is 29.9 Å². The highest BCUT2D eigenvalue weighted by molar-refractivity contribution is 5.03. The van der Waals surface area contributed by atoms with Gasteiger partial charge in [-0.15, -0.1) is 0 Å². The highest BCUT2D eigenvalue weighted by atomic mass is 14.6. The smallest absolute Gasteiger partial charge is 0.00428 e. The zero-order chi connectivity index (χ0) is 9.84. The molecule has 0 fully saturated rings. The molecule has 1 rings (SSSR count). The fourth-order valence-electron chi connectivity index (χ4n) is 2.06. The van der Waals surface area contributed by atoms with Crippen molar-refractivity contribution < 1.29 is 0 Å². The maximum Gasteiger partial charge on any atom is 0.00428 e. The van der Waals surface area contributed by atoms with Crippen LogP contribution < -0.4 is 5.73 Å². The summed E-state index contributed by atoms with van der Waals surface area (Å²) >= 11 is 0. The lowest BCUT2D eigenvalue weighted by Crippen LogP contribution is -2.15. The summed E-state index contributed by atoms with van der Waals surface area (Å²) in [7, 11) is 0. The molecule has 0 saturated carbocycles. The molecular formula is C12H23N. The molecule has 1 nitrogen and oxygen atoms in total. The van der Waals surface area contributed by atoms with E-state index in [4.69, 9.17) is 5.73 Å². The first-order valence-corrected chi connectivity index (χ1v) is 5.57. The Morgan fingerprint density at radius 3 is 2.62 bits per heavy atom. The first-order chi connectivity index (χ1) is 6.11. The van der Waals surface area contributed by atoms with Crippen molar-refractivity contribution in [3.63, 3.8) is 0 Å². The van der Waals surface area contributed by atoms with Gasteiger partial charge in [0.1, 0.15) is 0 Å². The highest BCUT2D eigenvalue weighted by Gasteiger charge is 2.19. The van der Waals surface area contributed by atoms with Gasteiger partial charge in [-0.2, -0.15) is 0 Å². The van der Waals surface area contributed by atoms with Crippen LogP contribution >= 0.6 is 0 Å². The number of hydrogen-bond acceptors (Lipinski definition) is 1. The lowest BCUT2D eigenvalue weighted by atomic mass is 9.82. The second-order valence-corrected chi connectivity index (χ2v) is 4.75. The summed E-state index contributed by atoms with van der Waals surface area (Å²) in [5.41, 5.74) is 7.04. The lowest BCUT2D eigenvalue weighted by Gasteiger charge is -2.23. The molecule has 2 N–H and O–H groups in total. The van der Waals surface area contributed by atoms with Gasteiger partial charge in [-0.25, -0.2) is 0 Å². The molecule has 0 spiro atoms. The molecule has 0 aromatic heterocycles. The quantitative estimate of drug-likeness (QED) is 0.695. The van der Waals surface area contributed by atoms with Gasteiger partial charge in [0, 0.05) is 5.70 Å². The summed E-state index contributed by atoms with van der Waals surface area (Å²) < 4.78 is 0. The lowest BCUT2D eigenvalue weighted by molar-refractivity contribution is 0.307. The molecule has 0 heterocycles. The van der Waals surface area contributed by atoms with E-state index >= 15 is 0 Å². The van der Waals surface area contributed by atoms with Gasteiger partial charge >= 0.3 is 0 Å². The van der Waals surface area contributed by atoms with E-state index in [9.17, 15) is 0 Å². The van der Waals surface area contributed by atoms with E-state index in [1.54, 1.807) is 0 Å². The Bertz CT molecular complexity index is 182. The molecule has 0 aromatic carbocycles. The molecule has 13 heavy (non-hydrogen) atoms. The molecule has 76 valence electrons. The third kappa shape index (κ3) is 3.06. The second-order valence-electron chi connectivity index (χ2n) is 4.75. The van der Waals surface area contributed by atoms with E-state index < -0.39 is 0 Å². The number of rotatable bonds is 2. The Hall–Kier alpha value is -0.460. The van der Waals surface area contributed by atoms with Crippen LogP contribution in [0.15, 0.2) is 11.8 Å². The van der Waals surface area contributed by atoms with Gasteiger partial charge < -0.3 is 5.73 Å². The van der Waals surface area contributed by atoms with Crippen molar-refractivity contribution in [1.29, 1.82) is 0 Å². The zero-order valence-electron chi connectivity index (χ0n) is 9.22. The van der Waals surface area contributed by atoms with Crippen LogP contribution in [0, 0.1) is 17.8 Å². The first-order valence-electron chi connectivity index (χ1n) is 5.57. The van der Waals surface area contributed by atoms with Crippen LogP contribution in [0.25, 0.3) is 0 Å². The van der Waals surface area contributed by atoms with Gasteiger partial charge in [0.2, 0.25) is 0 Å². The van der Waals surface area contributed by atoms with E-state index in [0.29, 0.717) is 0 Å². The van der Waals surface area contributed by atoms with Crippen molar-refractivity contribution in [3.05, 3.63) is 11.8 Å². The average Bonchev–Trinajstić information content (AvgIpc) is 2.28. The van der Waals surface area contributed by atoms with Crippen molar-refractivity contribution in [2.45, 2.75) is 46.5 Å². The molecule has 0 saturated heterocycles. The molecule has 1 heteroatoms. The predicted molar refractivity (Wildman–Crippen MR) is 58.2 cm³/mol. The van der Waals surface area contributed by atoms with Crippen LogP contribution in [-0.2, 0) is 0 Å². The minimum atomic E-state index is 0.725. The highest BCUT2D eigenvalue weighted by Crippen LogP contribution is 2.29. The second kappa shape index (κ2) is 4.69. The first kappa shape index (κ1) is 10.6. The summed E-state index contributed by atoms with van der Waals surface area (Å²) in [5.74, 6) is 2.27. The molecule has 1 aliphatic carbocycles. The maximum atomic E-state index is 5.92. The van der Waals surface area contributed by atoms with Crippen LogP contribution in [0.1, 0.15) is 46.5 Å². The van der Waals surface area contributed by atoms with Gasteiger partial charge in [-0.1, -0.05) is 33.3 Å². The van der Waals surface area contributed by atoms with E-state index in [1.165, 1.54) is 19.3 Å². The van der Waals surface area contributed by atoms with Gasteiger partial charge in [-0.05, 0) is 37.0 Å². The van der Waals surface area contributed by atoms with Gasteiger partial charge in [0.05, 0.1) is 0 Å². The van der Waals surface area contributed by atoms with Crippen LogP contribution in [0.4, 0.5) is 0 Å². The van der Waals surface area contributed by atoms with Crippen LogP contribution in [0.5, 0.6) is 0 Å². The molecular weight excluding hydrogens is 158 g/mol. The van der Waals surface area contributed by atoms with E-state index in [2.05, 4.69) is 26.8 Å². The average molecular weight is 181 g/mol. The molecule has 0 bridgehead atoms. The molecule has 1 unspecified atom stereocenters. The normalized spacial score (nSPS) is 26.8. The Balaban J connectivity index is 2.61. The largest absolute Gasteiger partial charge is 0.402 e. The van der Waals surface area contributed by atoms with E-state index in [1.807, 2.05) is 0 Å². The summed E-state index contributed by atoms with van der Waals surface area (Å²) in [5, 5.41) is 0. The van der Waals surface area contributed by atoms with Crippen LogP contribution in [0.3, 0.4) is 0 Å². The number of nitrogens with two attached hydrogens (primary N) is 1. The Morgan fingerprint density at radius 1 is 1.31 bits per heavy atom. The van der Waals surface area contributed by atoms with Crippen molar-refractivity contribution in [3.8, 4) is 0 Å². The van der Waals surface area contributed by atoms with Crippen molar-refractivity contribution >= 4 is 0 Å².